The van der Waals surface area contributed by atoms with Crippen molar-refractivity contribution >= 4 is 29.1 Å². The molecule has 5 heteroatoms. The van der Waals surface area contributed by atoms with Gasteiger partial charge in [-0.3, -0.25) is 4.79 Å². The number of rotatable bonds is 3. The lowest BCUT2D eigenvalue weighted by atomic mass is 10.4. The molecule has 0 aromatic carbocycles. The Morgan fingerprint density at radius 2 is 2.33 bits per heavy atom. The molecule has 3 nitrogen and oxygen atoms in total. The van der Waals surface area contributed by atoms with Crippen LogP contribution in [0.25, 0.3) is 0 Å². The summed E-state index contributed by atoms with van der Waals surface area (Å²) in [4.78, 5) is 10.5. The zero-order valence-corrected chi connectivity index (χ0v) is 6.11. The van der Waals surface area contributed by atoms with Gasteiger partial charge >= 0.3 is 0 Å². The van der Waals surface area contributed by atoms with Crippen LogP contribution in [0.15, 0.2) is 0 Å². The lowest BCUT2D eigenvalue weighted by molar-refractivity contribution is -0.121. The first-order valence-electron chi connectivity index (χ1n) is 2.31. The fraction of sp³-hybridized carbons (Fsp3) is 0.750. The van der Waals surface area contributed by atoms with E-state index in [1.807, 2.05) is 0 Å². The average molecular weight is 172 g/mol. The Morgan fingerprint density at radius 1 is 1.78 bits per heavy atom. The third-order valence-electron chi connectivity index (χ3n) is 0.673. The number of carbonyl (C=O) groups excluding carboxylic acids is 1. The van der Waals surface area contributed by atoms with E-state index in [4.69, 9.17) is 28.3 Å². The van der Waals surface area contributed by atoms with Crippen LogP contribution in [0.1, 0.15) is 0 Å². The average Bonchev–Trinajstić information content (AvgIpc) is 1.87. The third kappa shape index (κ3) is 3.56. The minimum Gasteiger partial charge on any atom is -0.377 e. The molecule has 0 aliphatic heterocycles. The molecule has 54 valence electrons. The number of aliphatic hydroxyl groups excluding tert-OH is 1. The number of amides is 1. The maximum Gasteiger partial charge on any atom is 0.241 e. The van der Waals surface area contributed by atoms with Crippen LogP contribution >= 0.6 is 23.2 Å². The van der Waals surface area contributed by atoms with Crippen LogP contribution < -0.4 is 5.32 Å². The molecule has 0 rings (SSSR count). The summed E-state index contributed by atoms with van der Waals surface area (Å²) < 4.78 is 0. The maximum atomic E-state index is 10.5. The SMILES string of the molecule is O=C(NCO)C(Cl)CCl. The Labute approximate surface area is 62.9 Å². The van der Waals surface area contributed by atoms with Crippen LogP contribution in [0, 0.1) is 0 Å². The van der Waals surface area contributed by atoms with Crippen molar-refractivity contribution in [3.8, 4) is 0 Å². The first-order valence-corrected chi connectivity index (χ1v) is 3.28. The van der Waals surface area contributed by atoms with Gasteiger partial charge in [-0.1, -0.05) is 0 Å². The number of halogens is 2. The lowest BCUT2D eigenvalue weighted by Crippen LogP contribution is -2.32. The van der Waals surface area contributed by atoms with E-state index in [2.05, 4.69) is 5.32 Å². The molecule has 1 amide bonds. The Balaban J connectivity index is 3.46. The molecule has 0 aromatic rings. The zero-order chi connectivity index (χ0) is 7.28. The molecule has 9 heavy (non-hydrogen) atoms. The van der Waals surface area contributed by atoms with Gasteiger partial charge in [0.25, 0.3) is 0 Å². The molecule has 0 bridgehead atoms. The fourth-order valence-electron chi connectivity index (χ4n) is 0.259. The van der Waals surface area contributed by atoms with Crippen molar-refractivity contribution in [2.24, 2.45) is 0 Å². The van der Waals surface area contributed by atoms with Crippen molar-refractivity contribution < 1.29 is 9.90 Å². The first-order chi connectivity index (χ1) is 4.22. The Morgan fingerprint density at radius 3 is 2.67 bits per heavy atom. The summed E-state index contributed by atoms with van der Waals surface area (Å²) in [5.74, 6) is -0.401. The molecule has 0 saturated heterocycles. The van der Waals surface area contributed by atoms with Crippen LogP contribution in [0.3, 0.4) is 0 Å². The minimum atomic E-state index is -0.751. The Hall–Kier alpha value is 0.01000. The van der Waals surface area contributed by atoms with Gasteiger partial charge in [0.15, 0.2) is 0 Å². The lowest BCUT2D eigenvalue weighted by Gasteiger charge is -2.02. The second-order valence-electron chi connectivity index (χ2n) is 1.32. The minimum absolute atomic E-state index is 0.0490. The number of hydrogen-bond acceptors (Lipinski definition) is 2. The summed E-state index contributed by atoms with van der Waals surface area (Å²) in [5, 5.41) is 9.49. The molecule has 0 aliphatic carbocycles. The summed E-state index contributed by atoms with van der Waals surface area (Å²) in [7, 11) is 0. The van der Waals surface area contributed by atoms with E-state index < -0.39 is 18.0 Å². The van der Waals surface area contributed by atoms with Crippen molar-refractivity contribution in [1.82, 2.24) is 5.32 Å². The van der Waals surface area contributed by atoms with Crippen LogP contribution in [0.4, 0.5) is 0 Å². The zero-order valence-electron chi connectivity index (χ0n) is 4.60. The molecule has 2 N–H and O–H groups in total. The van der Waals surface area contributed by atoms with Crippen LogP contribution in [0.5, 0.6) is 0 Å². The van der Waals surface area contributed by atoms with Crippen LogP contribution in [-0.2, 0) is 4.79 Å². The van der Waals surface area contributed by atoms with Gasteiger partial charge in [-0.25, -0.2) is 0 Å². The third-order valence-corrected chi connectivity index (χ3v) is 1.49. The van der Waals surface area contributed by atoms with E-state index in [1.54, 1.807) is 0 Å². The molecule has 0 spiro atoms. The van der Waals surface area contributed by atoms with Gasteiger partial charge in [0.05, 0.1) is 0 Å². The molecule has 0 heterocycles. The van der Waals surface area contributed by atoms with E-state index in [9.17, 15) is 4.79 Å². The van der Waals surface area contributed by atoms with Gasteiger partial charge in [0.1, 0.15) is 12.1 Å². The number of nitrogens with one attached hydrogen (secondary N) is 1. The van der Waals surface area contributed by atoms with Gasteiger partial charge in [-0.05, 0) is 0 Å². The highest BCUT2D eigenvalue weighted by molar-refractivity contribution is 6.35. The molecule has 0 aromatic heterocycles. The van der Waals surface area contributed by atoms with Crippen molar-refractivity contribution in [2.75, 3.05) is 12.6 Å². The van der Waals surface area contributed by atoms with Gasteiger partial charge in [-0.15, -0.1) is 23.2 Å². The van der Waals surface area contributed by atoms with Crippen LogP contribution in [-0.4, -0.2) is 29.0 Å². The second-order valence-corrected chi connectivity index (χ2v) is 2.16. The predicted octanol–water partition coefficient (Wildman–Crippen LogP) is -0.101. The second kappa shape index (κ2) is 4.85. The van der Waals surface area contributed by atoms with E-state index in [0.29, 0.717) is 0 Å². The van der Waals surface area contributed by atoms with Gasteiger partial charge in [0.2, 0.25) is 5.91 Å². The largest absolute Gasteiger partial charge is 0.377 e. The van der Waals surface area contributed by atoms with Crippen molar-refractivity contribution in [2.45, 2.75) is 5.38 Å². The molecule has 0 radical (unpaired) electrons. The standard InChI is InChI=1S/C4H7Cl2NO2/c5-1-3(6)4(9)7-2-8/h3,8H,1-2H2,(H,7,9). The molecular weight excluding hydrogens is 165 g/mol. The smallest absolute Gasteiger partial charge is 0.241 e. The van der Waals surface area contributed by atoms with Crippen molar-refractivity contribution in [3.63, 3.8) is 0 Å². The molecule has 0 aliphatic rings. The summed E-state index contributed by atoms with van der Waals surface area (Å²) in [5.41, 5.74) is 0. The molecule has 1 atom stereocenters. The van der Waals surface area contributed by atoms with E-state index in [-0.39, 0.29) is 5.88 Å². The molecular formula is C4H7Cl2NO2. The summed E-state index contributed by atoms with van der Waals surface area (Å²) >= 11 is 10.5. The predicted molar refractivity (Wildman–Crippen MR) is 35.6 cm³/mol. The topological polar surface area (TPSA) is 49.3 Å². The highest BCUT2D eigenvalue weighted by Crippen LogP contribution is 1.97. The van der Waals surface area contributed by atoms with Crippen LogP contribution in [0.2, 0.25) is 0 Å². The number of aliphatic hydroxyl groups is 1. The fourth-order valence-corrected chi connectivity index (χ4v) is 0.476. The van der Waals surface area contributed by atoms with E-state index >= 15 is 0 Å². The summed E-state index contributed by atoms with van der Waals surface area (Å²) in [6.07, 6.45) is 0. The van der Waals surface area contributed by atoms with Crippen molar-refractivity contribution in [3.05, 3.63) is 0 Å². The molecule has 0 saturated carbocycles. The Bertz CT molecular complexity index is 98.6. The summed E-state index contributed by atoms with van der Waals surface area (Å²) in [6, 6.07) is 0. The van der Waals surface area contributed by atoms with Crippen molar-refractivity contribution in [1.29, 1.82) is 0 Å². The Kier molecular flexibility index (Phi) is 4.85. The highest BCUT2D eigenvalue weighted by atomic mass is 35.5. The summed E-state index contributed by atoms with van der Waals surface area (Å²) in [6.45, 7) is -0.404. The first kappa shape index (κ1) is 9.01. The maximum absolute atomic E-state index is 10.5. The quantitative estimate of drug-likeness (QED) is 0.461. The number of hydrogen-bond donors (Lipinski definition) is 2. The van der Waals surface area contributed by atoms with Gasteiger partial charge < -0.3 is 10.4 Å². The molecule has 0 fully saturated rings. The van der Waals surface area contributed by atoms with Gasteiger partial charge in [0, 0.05) is 5.88 Å². The van der Waals surface area contributed by atoms with E-state index in [1.165, 1.54) is 0 Å². The number of carbonyl (C=O) groups is 1. The normalized spacial score (nSPS) is 12.8. The highest BCUT2D eigenvalue weighted by Gasteiger charge is 2.11. The molecule has 1 unspecified atom stereocenters. The van der Waals surface area contributed by atoms with E-state index in [0.717, 1.165) is 0 Å². The monoisotopic (exact) mass is 171 g/mol. The van der Waals surface area contributed by atoms with Gasteiger partial charge in [-0.2, -0.15) is 0 Å². The number of alkyl halides is 2.